The number of methoxy groups -OCH3 is 1. The average Bonchev–Trinajstić information content (AvgIpc) is 2.30. The lowest BCUT2D eigenvalue weighted by molar-refractivity contribution is 0.112. The fourth-order valence-electron chi connectivity index (χ4n) is 1.81. The van der Waals surface area contributed by atoms with Crippen LogP contribution in [-0.4, -0.2) is 39.5 Å². The second-order valence-electron chi connectivity index (χ2n) is 4.32. The van der Waals surface area contributed by atoms with Crippen molar-refractivity contribution in [2.75, 3.05) is 33.5 Å². The van der Waals surface area contributed by atoms with Gasteiger partial charge in [-0.15, -0.1) is 0 Å². The van der Waals surface area contributed by atoms with Gasteiger partial charge >= 0.3 is 0 Å². The smallest absolute Gasteiger partial charge is 0.0480 e. The van der Waals surface area contributed by atoms with Gasteiger partial charge in [0.1, 0.15) is 0 Å². The Hall–Kier alpha value is -0.120. The number of hydrogen-bond acceptors (Lipinski definition) is 3. The highest BCUT2D eigenvalue weighted by atomic mass is 16.5. The Labute approximate surface area is 101 Å². The van der Waals surface area contributed by atoms with Crippen LogP contribution in [0.25, 0.3) is 0 Å². The lowest BCUT2D eigenvalue weighted by Crippen LogP contribution is -2.36. The van der Waals surface area contributed by atoms with E-state index in [1.165, 1.54) is 0 Å². The Morgan fingerprint density at radius 3 is 2.38 bits per heavy atom. The van der Waals surface area contributed by atoms with Gasteiger partial charge in [-0.3, -0.25) is 0 Å². The van der Waals surface area contributed by atoms with E-state index in [1.807, 2.05) is 0 Å². The second kappa shape index (κ2) is 11.4. The first-order chi connectivity index (χ1) is 7.76. The van der Waals surface area contributed by atoms with E-state index in [0.29, 0.717) is 12.0 Å². The maximum atomic E-state index is 5.54. The molecular formula is C13H29NO2. The van der Waals surface area contributed by atoms with Crippen molar-refractivity contribution in [3.05, 3.63) is 0 Å². The predicted molar refractivity (Wildman–Crippen MR) is 68.8 cm³/mol. The van der Waals surface area contributed by atoms with Crippen LogP contribution in [0.15, 0.2) is 0 Å². The minimum Gasteiger partial charge on any atom is -0.385 e. The van der Waals surface area contributed by atoms with Crippen molar-refractivity contribution in [2.24, 2.45) is 5.92 Å². The molecule has 0 rings (SSSR count). The lowest BCUT2D eigenvalue weighted by Gasteiger charge is -2.24. The highest BCUT2D eigenvalue weighted by Crippen LogP contribution is 2.12. The molecule has 2 unspecified atom stereocenters. The van der Waals surface area contributed by atoms with E-state index in [9.17, 15) is 0 Å². The largest absolute Gasteiger partial charge is 0.385 e. The molecule has 1 N–H and O–H groups in total. The average molecular weight is 231 g/mol. The molecule has 0 saturated carbocycles. The van der Waals surface area contributed by atoms with Crippen molar-refractivity contribution in [1.29, 1.82) is 0 Å². The molecule has 0 heterocycles. The first-order valence-corrected chi connectivity index (χ1v) is 6.56. The first kappa shape index (κ1) is 15.9. The van der Waals surface area contributed by atoms with Crippen molar-refractivity contribution >= 4 is 0 Å². The fraction of sp³-hybridized carbons (Fsp3) is 1.00. The van der Waals surface area contributed by atoms with Crippen LogP contribution in [-0.2, 0) is 9.47 Å². The third kappa shape index (κ3) is 8.08. The van der Waals surface area contributed by atoms with E-state index >= 15 is 0 Å². The molecule has 3 heteroatoms. The monoisotopic (exact) mass is 231 g/mol. The van der Waals surface area contributed by atoms with Gasteiger partial charge in [-0.1, -0.05) is 20.8 Å². The quantitative estimate of drug-likeness (QED) is 0.554. The summed E-state index contributed by atoms with van der Waals surface area (Å²) in [4.78, 5) is 0. The van der Waals surface area contributed by atoms with E-state index in [4.69, 9.17) is 9.47 Å². The van der Waals surface area contributed by atoms with Crippen LogP contribution in [0.5, 0.6) is 0 Å². The molecule has 0 amide bonds. The summed E-state index contributed by atoms with van der Waals surface area (Å²) in [6.07, 6.45) is 3.31. The number of ether oxygens (including phenoxy) is 2. The molecule has 2 atom stereocenters. The molecule has 0 fully saturated rings. The molecule has 0 aliphatic rings. The van der Waals surface area contributed by atoms with Crippen molar-refractivity contribution in [3.63, 3.8) is 0 Å². The Bertz CT molecular complexity index is 142. The van der Waals surface area contributed by atoms with Gasteiger partial charge in [0.25, 0.3) is 0 Å². The molecule has 0 bridgehead atoms. The van der Waals surface area contributed by atoms with E-state index in [2.05, 4.69) is 26.1 Å². The summed E-state index contributed by atoms with van der Waals surface area (Å²) in [5.41, 5.74) is 0. The zero-order chi connectivity index (χ0) is 12.2. The Kier molecular flexibility index (Phi) is 11.3. The molecule has 0 aromatic rings. The molecule has 0 aromatic heterocycles. The zero-order valence-corrected chi connectivity index (χ0v) is 11.4. The summed E-state index contributed by atoms with van der Waals surface area (Å²) >= 11 is 0. The molecular weight excluding hydrogens is 202 g/mol. The van der Waals surface area contributed by atoms with Gasteiger partial charge in [0.15, 0.2) is 0 Å². The summed E-state index contributed by atoms with van der Waals surface area (Å²) in [5.74, 6) is 0.644. The third-order valence-corrected chi connectivity index (χ3v) is 2.85. The molecule has 3 nitrogen and oxygen atoms in total. The van der Waals surface area contributed by atoms with Crippen molar-refractivity contribution in [2.45, 2.75) is 46.1 Å². The van der Waals surface area contributed by atoms with Gasteiger partial charge in [0.05, 0.1) is 0 Å². The van der Waals surface area contributed by atoms with Crippen molar-refractivity contribution < 1.29 is 9.47 Å². The van der Waals surface area contributed by atoms with Crippen molar-refractivity contribution in [3.8, 4) is 0 Å². The molecule has 0 radical (unpaired) electrons. The maximum absolute atomic E-state index is 5.54. The molecule has 0 aliphatic heterocycles. The molecule has 0 saturated heterocycles. The Balaban J connectivity index is 3.75. The molecule has 0 aliphatic carbocycles. The maximum Gasteiger partial charge on any atom is 0.0480 e. The van der Waals surface area contributed by atoms with Crippen LogP contribution in [0, 0.1) is 5.92 Å². The summed E-state index contributed by atoms with van der Waals surface area (Å²) in [5, 5.41) is 3.53. The zero-order valence-electron chi connectivity index (χ0n) is 11.4. The van der Waals surface area contributed by atoms with Gasteiger partial charge in [0, 0.05) is 33.0 Å². The summed E-state index contributed by atoms with van der Waals surface area (Å²) < 4.78 is 10.7. The Morgan fingerprint density at radius 2 is 1.81 bits per heavy atom. The van der Waals surface area contributed by atoms with Gasteiger partial charge in [-0.25, -0.2) is 0 Å². The van der Waals surface area contributed by atoms with Gasteiger partial charge < -0.3 is 14.8 Å². The van der Waals surface area contributed by atoms with Crippen LogP contribution in [0.1, 0.15) is 40.0 Å². The lowest BCUT2D eigenvalue weighted by atomic mass is 9.96. The molecule has 16 heavy (non-hydrogen) atoms. The fourth-order valence-corrected chi connectivity index (χ4v) is 1.81. The van der Waals surface area contributed by atoms with Crippen LogP contribution < -0.4 is 5.32 Å². The summed E-state index contributed by atoms with van der Waals surface area (Å²) in [6, 6.07) is 0.553. The van der Waals surface area contributed by atoms with E-state index in [-0.39, 0.29) is 0 Å². The summed E-state index contributed by atoms with van der Waals surface area (Å²) in [6.45, 7) is 10.2. The van der Waals surface area contributed by atoms with E-state index < -0.39 is 0 Å². The molecule has 0 aromatic carbocycles. The van der Waals surface area contributed by atoms with E-state index in [0.717, 1.165) is 45.6 Å². The molecule has 0 spiro atoms. The van der Waals surface area contributed by atoms with Gasteiger partial charge in [-0.05, 0) is 31.7 Å². The third-order valence-electron chi connectivity index (χ3n) is 2.85. The SMILES string of the molecule is CCCOCCC(NCC)C(C)CCOC. The van der Waals surface area contributed by atoms with Crippen LogP contribution in [0.4, 0.5) is 0 Å². The minimum atomic E-state index is 0.553. The van der Waals surface area contributed by atoms with Crippen LogP contribution >= 0.6 is 0 Å². The number of nitrogens with one attached hydrogen (secondary N) is 1. The highest BCUT2D eigenvalue weighted by Gasteiger charge is 2.15. The van der Waals surface area contributed by atoms with Crippen LogP contribution in [0.3, 0.4) is 0 Å². The predicted octanol–water partition coefficient (Wildman–Crippen LogP) is 2.45. The topological polar surface area (TPSA) is 30.5 Å². The van der Waals surface area contributed by atoms with Crippen LogP contribution in [0.2, 0.25) is 0 Å². The Morgan fingerprint density at radius 1 is 1.06 bits per heavy atom. The normalized spacial score (nSPS) is 15.0. The number of rotatable bonds is 11. The standard InChI is InChI=1S/C13H29NO2/c1-5-9-16-11-8-13(14-6-2)12(3)7-10-15-4/h12-14H,5-11H2,1-4H3. The molecule has 98 valence electrons. The minimum absolute atomic E-state index is 0.553. The van der Waals surface area contributed by atoms with E-state index in [1.54, 1.807) is 7.11 Å². The van der Waals surface area contributed by atoms with Crippen molar-refractivity contribution in [1.82, 2.24) is 5.32 Å². The van der Waals surface area contributed by atoms with Gasteiger partial charge in [-0.2, -0.15) is 0 Å². The summed E-state index contributed by atoms with van der Waals surface area (Å²) in [7, 11) is 1.76. The highest BCUT2D eigenvalue weighted by molar-refractivity contribution is 4.72. The van der Waals surface area contributed by atoms with Gasteiger partial charge in [0.2, 0.25) is 0 Å². The number of hydrogen-bond donors (Lipinski definition) is 1. The first-order valence-electron chi connectivity index (χ1n) is 6.56. The second-order valence-corrected chi connectivity index (χ2v) is 4.32.